The number of barbiturate groups is 1. The molecule has 0 aliphatic carbocycles. The molecule has 0 atom stereocenters. The van der Waals surface area contributed by atoms with Crippen molar-refractivity contribution in [2.75, 3.05) is 11.5 Å². The van der Waals surface area contributed by atoms with E-state index in [1.165, 1.54) is 18.2 Å². The van der Waals surface area contributed by atoms with Crippen molar-refractivity contribution in [3.8, 4) is 5.75 Å². The molecule has 1 heterocycles. The molecule has 1 N–H and O–H groups in total. The summed E-state index contributed by atoms with van der Waals surface area (Å²) in [6.07, 6.45) is 2.97. The summed E-state index contributed by atoms with van der Waals surface area (Å²) < 4.78 is 6.31. The van der Waals surface area contributed by atoms with E-state index in [4.69, 9.17) is 16.3 Å². The van der Waals surface area contributed by atoms with Gasteiger partial charge in [-0.15, -0.1) is 0 Å². The van der Waals surface area contributed by atoms with Gasteiger partial charge in [0.25, 0.3) is 11.8 Å². The van der Waals surface area contributed by atoms with Crippen LogP contribution in [-0.2, 0) is 9.59 Å². The molecule has 1 fully saturated rings. The van der Waals surface area contributed by atoms with Crippen LogP contribution in [0.5, 0.6) is 5.75 Å². The average Bonchev–Trinajstić information content (AvgIpc) is 2.66. The zero-order valence-electron chi connectivity index (χ0n) is 14.4. The number of benzene rings is 2. The number of hydrogen-bond acceptors (Lipinski definition) is 4. The molecule has 8 heteroatoms. The fourth-order valence-electron chi connectivity index (χ4n) is 2.55. The minimum absolute atomic E-state index is 0.198. The Kier molecular flexibility index (Phi) is 5.96. The van der Waals surface area contributed by atoms with Crippen LogP contribution in [0, 0.1) is 0 Å². The lowest BCUT2D eigenvalue weighted by Gasteiger charge is -2.26. The van der Waals surface area contributed by atoms with Crippen LogP contribution in [0.4, 0.5) is 10.5 Å². The molecule has 0 radical (unpaired) electrons. The van der Waals surface area contributed by atoms with Crippen LogP contribution in [0.15, 0.2) is 65.2 Å². The minimum Gasteiger partial charge on any atom is -0.489 e. The van der Waals surface area contributed by atoms with Crippen LogP contribution in [0.2, 0.25) is 5.02 Å². The summed E-state index contributed by atoms with van der Waals surface area (Å²) >= 11 is 9.22. The van der Waals surface area contributed by atoms with E-state index in [1.54, 1.807) is 36.4 Å². The summed E-state index contributed by atoms with van der Waals surface area (Å²) in [7, 11) is 0. The van der Waals surface area contributed by atoms with Gasteiger partial charge in [0, 0.05) is 15.1 Å². The van der Waals surface area contributed by atoms with Crippen LogP contribution in [0.25, 0.3) is 6.08 Å². The van der Waals surface area contributed by atoms with Crippen molar-refractivity contribution < 1.29 is 19.1 Å². The highest BCUT2D eigenvalue weighted by Crippen LogP contribution is 2.28. The third-order valence-electron chi connectivity index (χ3n) is 3.81. The van der Waals surface area contributed by atoms with Crippen LogP contribution < -0.4 is 15.0 Å². The van der Waals surface area contributed by atoms with Gasteiger partial charge in [-0.1, -0.05) is 40.2 Å². The number of halogens is 2. The third-order valence-corrected chi connectivity index (χ3v) is 4.56. The normalized spacial score (nSPS) is 15.6. The summed E-state index contributed by atoms with van der Waals surface area (Å²) in [5.74, 6) is -1.06. The van der Waals surface area contributed by atoms with Crippen molar-refractivity contribution in [2.45, 2.75) is 0 Å². The van der Waals surface area contributed by atoms with Crippen molar-refractivity contribution in [1.82, 2.24) is 5.32 Å². The van der Waals surface area contributed by atoms with Gasteiger partial charge in [-0.25, -0.2) is 9.69 Å². The van der Waals surface area contributed by atoms with Gasteiger partial charge >= 0.3 is 6.03 Å². The van der Waals surface area contributed by atoms with Gasteiger partial charge in [0.15, 0.2) is 0 Å². The van der Waals surface area contributed by atoms with Crippen molar-refractivity contribution >= 4 is 57.1 Å². The van der Waals surface area contributed by atoms with Gasteiger partial charge in [-0.05, 0) is 48.5 Å². The Hall–Kier alpha value is -2.90. The van der Waals surface area contributed by atoms with Gasteiger partial charge in [-0.2, -0.15) is 0 Å². The molecule has 0 aromatic heterocycles. The van der Waals surface area contributed by atoms with Crippen molar-refractivity contribution in [2.24, 2.45) is 0 Å². The molecule has 0 spiro atoms. The summed E-state index contributed by atoms with van der Waals surface area (Å²) in [5.41, 5.74) is 0.596. The average molecular weight is 462 g/mol. The number of ether oxygens (including phenoxy) is 1. The molecular formula is C20H14BrClN2O4. The first-order valence-corrected chi connectivity index (χ1v) is 9.28. The number of amides is 4. The Morgan fingerprint density at radius 2 is 1.86 bits per heavy atom. The van der Waals surface area contributed by atoms with E-state index in [9.17, 15) is 14.4 Å². The smallest absolute Gasteiger partial charge is 0.335 e. The van der Waals surface area contributed by atoms with Gasteiger partial charge in [0.1, 0.15) is 17.9 Å². The number of urea groups is 1. The quantitative estimate of drug-likeness (QED) is 0.408. The lowest BCUT2D eigenvalue weighted by Crippen LogP contribution is -2.54. The molecule has 142 valence electrons. The molecule has 1 aliphatic heterocycles. The predicted molar refractivity (Wildman–Crippen MR) is 110 cm³/mol. The predicted octanol–water partition coefficient (Wildman–Crippen LogP) is 4.33. The second-order valence-corrected chi connectivity index (χ2v) is 7.07. The first-order valence-electron chi connectivity index (χ1n) is 8.11. The Morgan fingerprint density at radius 1 is 1.14 bits per heavy atom. The van der Waals surface area contributed by atoms with E-state index in [0.29, 0.717) is 22.0 Å². The number of nitrogens with one attached hydrogen (secondary N) is 1. The maximum absolute atomic E-state index is 12.9. The van der Waals surface area contributed by atoms with Gasteiger partial charge in [0.2, 0.25) is 0 Å². The number of carbonyl (C=O) groups is 3. The molecule has 6 nitrogen and oxygen atoms in total. The van der Waals surface area contributed by atoms with Crippen LogP contribution in [0.3, 0.4) is 0 Å². The number of anilines is 1. The Bertz CT molecular complexity index is 1000. The Morgan fingerprint density at radius 3 is 2.54 bits per heavy atom. The van der Waals surface area contributed by atoms with E-state index >= 15 is 0 Å². The van der Waals surface area contributed by atoms with E-state index in [0.717, 1.165) is 9.37 Å². The van der Waals surface area contributed by atoms with E-state index in [-0.39, 0.29) is 12.2 Å². The number of imide groups is 2. The van der Waals surface area contributed by atoms with Crippen molar-refractivity contribution in [3.05, 3.63) is 75.8 Å². The first kappa shape index (κ1) is 19.9. The first-order chi connectivity index (χ1) is 13.4. The second kappa shape index (κ2) is 8.41. The highest BCUT2D eigenvalue weighted by Gasteiger charge is 2.36. The van der Waals surface area contributed by atoms with Gasteiger partial charge < -0.3 is 4.74 Å². The number of hydrogen-bond donors (Lipinski definition) is 1. The SMILES string of the molecule is C=CCOc1ccc(Br)cc1/C=C1\C(=O)NC(=O)N(c2ccc(Cl)cc2)C1=O. The molecular weight excluding hydrogens is 448 g/mol. The summed E-state index contributed by atoms with van der Waals surface area (Å²) in [5, 5.41) is 2.63. The van der Waals surface area contributed by atoms with Gasteiger partial charge in [0.05, 0.1) is 5.69 Å². The zero-order chi connectivity index (χ0) is 20.3. The fourth-order valence-corrected chi connectivity index (χ4v) is 3.05. The molecule has 0 bridgehead atoms. The molecule has 0 saturated carbocycles. The molecule has 1 aliphatic rings. The largest absolute Gasteiger partial charge is 0.489 e. The lowest BCUT2D eigenvalue weighted by atomic mass is 10.1. The van der Waals surface area contributed by atoms with E-state index in [2.05, 4.69) is 27.8 Å². The molecule has 2 aromatic carbocycles. The van der Waals surface area contributed by atoms with Crippen molar-refractivity contribution in [1.29, 1.82) is 0 Å². The van der Waals surface area contributed by atoms with Crippen LogP contribution in [-0.4, -0.2) is 24.5 Å². The maximum atomic E-state index is 12.9. The summed E-state index contributed by atoms with van der Waals surface area (Å²) in [6.45, 7) is 3.86. The van der Waals surface area contributed by atoms with Crippen LogP contribution >= 0.6 is 27.5 Å². The van der Waals surface area contributed by atoms with Crippen LogP contribution in [0.1, 0.15) is 5.56 Å². The molecule has 1 saturated heterocycles. The van der Waals surface area contributed by atoms with E-state index in [1.807, 2.05) is 0 Å². The second-order valence-electron chi connectivity index (χ2n) is 5.72. The summed E-state index contributed by atoms with van der Waals surface area (Å²) in [6, 6.07) is 10.5. The highest BCUT2D eigenvalue weighted by molar-refractivity contribution is 9.10. The fraction of sp³-hybridized carbons (Fsp3) is 0.0500. The number of carbonyl (C=O) groups excluding carboxylic acids is 3. The standard InChI is InChI=1S/C20H14BrClN2O4/c1-2-9-28-17-8-3-13(21)10-12(17)11-16-18(25)23-20(27)24(19(16)26)15-6-4-14(22)5-7-15/h2-8,10-11H,1,9H2,(H,23,25,27)/b16-11+. The Balaban J connectivity index is 2.03. The number of rotatable bonds is 5. The monoisotopic (exact) mass is 460 g/mol. The molecule has 2 aromatic rings. The third kappa shape index (κ3) is 4.16. The molecule has 4 amide bonds. The lowest BCUT2D eigenvalue weighted by molar-refractivity contribution is -0.122. The number of nitrogens with zero attached hydrogens (tertiary/aromatic N) is 1. The molecule has 0 unspecified atom stereocenters. The zero-order valence-corrected chi connectivity index (χ0v) is 16.8. The van der Waals surface area contributed by atoms with Gasteiger partial charge in [-0.3, -0.25) is 14.9 Å². The topological polar surface area (TPSA) is 75.7 Å². The van der Waals surface area contributed by atoms with Crippen molar-refractivity contribution in [3.63, 3.8) is 0 Å². The maximum Gasteiger partial charge on any atom is 0.335 e. The van der Waals surface area contributed by atoms with E-state index < -0.39 is 17.8 Å². The highest BCUT2D eigenvalue weighted by atomic mass is 79.9. The summed E-state index contributed by atoms with van der Waals surface area (Å²) in [4.78, 5) is 38.4. The Labute approximate surface area is 174 Å². The minimum atomic E-state index is -0.827. The molecule has 28 heavy (non-hydrogen) atoms. The molecule has 3 rings (SSSR count).